The van der Waals surface area contributed by atoms with Gasteiger partial charge in [0.25, 0.3) is 0 Å². The quantitative estimate of drug-likeness (QED) is 0.831. The molecule has 1 heterocycles. The van der Waals surface area contributed by atoms with Crippen LogP contribution in [0.2, 0.25) is 10.0 Å². The molecule has 1 N–H and O–H groups in total. The van der Waals surface area contributed by atoms with Crippen LogP contribution in [0.5, 0.6) is 0 Å². The Morgan fingerprint density at radius 3 is 2.68 bits per heavy atom. The molecule has 3 nitrogen and oxygen atoms in total. The van der Waals surface area contributed by atoms with Crippen LogP contribution >= 0.6 is 23.2 Å². The number of aryl methyl sites for hydroxylation is 1. The molecule has 0 aliphatic heterocycles. The Morgan fingerprint density at radius 1 is 1.21 bits per heavy atom. The van der Waals surface area contributed by atoms with Crippen LogP contribution in [0.4, 0.5) is 0 Å². The van der Waals surface area contributed by atoms with Gasteiger partial charge in [-0.2, -0.15) is 0 Å². The van der Waals surface area contributed by atoms with Crippen molar-refractivity contribution >= 4 is 23.2 Å². The minimum Gasteiger partial charge on any atom is -0.338 e. The molecule has 0 aliphatic carbocycles. The zero-order valence-corrected chi connectivity index (χ0v) is 12.4. The van der Waals surface area contributed by atoms with E-state index >= 15 is 0 Å². The molecule has 5 heteroatoms. The number of imidazole rings is 1. The first-order valence-corrected chi connectivity index (χ1v) is 7.03. The summed E-state index contributed by atoms with van der Waals surface area (Å²) in [5.74, 6) is 1.09. The smallest absolute Gasteiger partial charge is 0.109 e. The number of halogens is 2. The van der Waals surface area contributed by atoms with Gasteiger partial charge in [-0.05, 0) is 30.7 Å². The molecule has 0 fully saturated rings. The minimum atomic E-state index is 0.677. The molecular weight excluding hydrogens is 281 g/mol. The van der Waals surface area contributed by atoms with Crippen molar-refractivity contribution in [2.45, 2.75) is 12.8 Å². The van der Waals surface area contributed by atoms with Gasteiger partial charge in [-0.1, -0.05) is 29.3 Å². The van der Waals surface area contributed by atoms with Crippen LogP contribution in [0.1, 0.15) is 11.4 Å². The Kier molecular flexibility index (Phi) is 5.25. The van der Waals surface area contributed by atoms with E-state index in [9.17, 15) is 0 Å². The normalized spacial score (nSPS) is 10.9. The van der Waals surface area contributed by atoms with E-state index in [1.807, 2.05) is 36.1 Å². The molecule has 0 saturated heterocycles. The predicted molar refractivity (Wildman–Crippen MR) is 79.9 cm³/mol. The third-order valence-corrected chi connectivity index (χ3v) is 3.62. The second-order valence-electron chi connectivity index (χ2n) is 4.44. The molecule has 0 saturated carbocycles. The van der Waals surface area contributed by atoms with Crippen LogP contribution in [0.3, 0.4) is 0 Å². The van der Waals surface area contributed by atoms with Gasteiger partial charge in [0.15, 0.2) is 0 Å². The van der Waals surface area contributed by atoms with Gasteiger partial charge in [-0.15, -0.1) is 0 Å². The maximum absolute atomic E-state index is 6.12. The van der Waals surface area contributed by atoms with Gasteiger partial charge < -0.3 is 9.88 Å². The van der Waals surface area contributed by atoms with Crippen LogP contribution in [0.25, 0.3) is 0 Å². The maximum Gasteiger partial charge on any atom is 0.109 e. The molecule has 19 heavy (non-hydrogen) atoms. The summed E-state index contributed by atoms with van der Waals surface area (Å²) in [6.07, 6.45) is 5.61. The zero-order valence-electron chi connectivity index (χ0n) is 10.9. The fourth-order valence-electron chi connectivity index (χ4n) is 1.91. The molecule has 0 unspecified atom stereocenters. The Bertz CT molecular complexity index is 537. The first kappa shape index (κ1) is 14.4. The lowest BCUT2D eigenvalue weighted by Crippen LogP contribution is -2.21. The maximum atomic E-state index is 6.12. The van der Waals surface area contributed by atoms with Gasteiger partial charge in [0.1, 0.15) is 5.82 Å². The van der Waals surface area contributed by atoms with Gasteiger partial charge in [-0.3, -0.25) is 0 Å². The molecule has 0 atom stereocenters. The summed E-state index contributed by atoms with van der Waals surface area (Å²) in [7, 11) is 2.01. The fraction of sp³-hybridized carbons (Fsp3) is 0.357. The monoisotopic (exact) mass is 297 g/mol. The highest BCUT2D eigenvalue weighted by atomic mass is 35.5. The van der Waals surface area contributed by atoms with Gasteiger partial charge in [0, 0.05) is 42.5 Å². The molecule has 0 bridgehead atoms. The van der Waals surface area contributed by atoms with E-state index < -0.39 is 0 Å². The number of nitrogens with zero attached hydrogens (tertiary/aromatic N) is 2. The zero-order chi connectivity index (χ0) is 13.7. The van der Waals surface area contributed by atoms with Crippen molar-refractivity contribution in [3.05, 3.63) is 52.0 Å². The second kappa shape index (κ2) is 6.94. The van der Waals surface area contributed by atoms with Crippen molar-refractivity contribution < 1.29 is 0 Å². The van der Waals surface area contributed by atoms with Crippen molar-refractivity contribution in [1.29, 1.82) is 0 Å². The standard InChI is InChI=1S/C14H17Cl2N3/c1-19-9-8-18-14(19)5-7-17-6-4-11-2-3-12(15)10-13(11)16/h2-3,8-10,17H,4-7H2,1H3. The topological polar surface area (TPSA) is 29.9 Å². The lowest BCUT2D eigenvalue weighted by molar-refractivity contribution is 0.653. The average molecular weight is 298 g/mol. The Balaban J connectivity index is 1.71. The largest absolute Gasteiger partial charge is 0.338 e. The summed E-state index contributed by atoms with van der Waals surface area (Å²) in [5, 5.41) is 4.81. The van der Waals surface area contributed by atoms with Crippen molar-refractivity contribution in [1.82, 2.24) is 14.9 Å². The molecule has 1 aromatic carbocycles. The van der Waals surface area contributed by atoms with E-state index in [2.05, 4.69) is 10.3 Å². The van der Waals surface area contributed by atoms with Gasteiger partial charge >= 0.3 is 0 Å². The summed E-state index contributed by atoms with van der Waals surface area (Å²) in [6.45, 7) is 1.81. The highest BCUT2D eigenvalue weighted by molar-refractivity contribution is 6.35. The number of hydrogen-bond acceptors (Lipinski definition) is 2. The summed E-state index contributed by atoms with van der Waals surface area (Å²) in [6, 6.07) is 5.63. The number of hydrogen-bond donors (Lipinski definition) is 1. The van der Waals surface area contributed by atoms with Crippen molar-refractivity contribution in [2.75, 3.05) is 13.1 Å². The molecule has 0 radical (unpaired) electrons. The molecule has 102 valence electrons. The van der Waals surface area contributed by atoms with Crippen molar-refractivity contribution in [2.24, 2.45) is 7.05 Å². The molecule has 0 amide bonds. The summed E-state index contributed by atoms with van der Waals surface area (Å²) in [4.78, 5) is 4.28. The second-order valence-corrected chi connectivity index (χ2v) is 5.28. The first-order valence-electron chi connectivity index (χ1n) is 6.27. The number of rotatable bonds is 6. The SMILES string of the molecule is Cn1ccnc1CCNCCc1ccc(Cl)cc1Cl. The molecule has 2 rings (SSSR count). The van der Waals surface area contributed by atoms with Crippen molar-refractivity contribution in [3.63, 3.8) is 0 Å². The molecule has 0 spiro atoms. The van der Waals surface area contributed by atoms with Crippen LogP contribution in [-0.2, 0) is 19.9 Å². The number of benzene rings is 1. The van der Waals surface area contributed by atoms with E-state index in [1.54, 1.807) is 6.07 Å². The highest BCUT2D eigenvalue weighted by Crippen LogP contribution is 2.20. The van der Waals surface area contributed by atoms with Gasteiger partial charge in [-0.25, -0.2) is 4.98 Å². The molecule has 0 aliphatic rings. The first-order chi connectivity index (χ1) is 9.16. The Morgan fingerprint density at radius 2 is 2.00 bits per heavy atom. The van der Waals surface area contributed by atoms with Gasteiger partial charge in [0.05, 0.1) is 0 Å². The third kappa shape index (κ3) is 4.23. The summed E-state index contributed by atoms with van der Waals surface area (Å²) < 4.78 is 2.04. The van der Waals surface area contributed by atoms with E-state index in [0.717, 1.165) is 42.3 Å². The van der Waals surface area contributed by atoms with Crippen molar-refractivity contribution in [3.8, 4) is 0 Å². The van der Waals surface area contributed by atoms with E-state index in [-0.39, 0.29) is 0 Å². The van der Waals surface area contributed by atoms with Crippen LogP contribution in [0, 0.1) is 0 Å². The number of nitrogens with one attached hydrogen (secondary N) is 1. The van der Waals surface area contributed by atoms with Crippen LogP contribution in [0.15, 0.2) is 30.6 Å². The van der Waals surface area contributed by atoms with E-state index in [0.29, 0.717) is 5.02 Å². The molecular formula is C14H17Cl2N3. The summed E-state index contributed by atoms with van der Waals surface area (Å²) in [5.41, 5.74) is 1.12. The minimum absolute atomic E-state index is 0.677. The lowest BCUT2D eigenvalue weighted by atomic mass is 10.1. The lowest BCUT2D eigenvalue weighted by Gasteiger charge is -2.07. The Hall–Kier alpha value is -1.03. The fourth-order valence-corrected chi connectivity index (χ4v) is 2.41. The van der Waals surface area contributed by atoms with Crippen LogP contribution < -0.4 is 5.32 Å². The third-order valence-electron chi connectivity index (χ3n) is 3.03. The summed E-state index contributed by atoms with van der Waals surface area (Å²) >= 11 is 12.0. The van der Waals surface area contributed by atoms with E-state index in [1.165, 1.54) is 0 Å². The molecule has 1 aromatic heterocycles. The van der Waals surface area contributed by atoms with Crippen LogP contribution in [-0.4, -0.2) is 22.6 Å². The number of aromatic nitrogens is 2. The average Bonchev–Trinajstić information content (AvgIpc) is 2.77. The molecule has 2 aromatic rings. The highest BCUT2D eigenvalue weighted by Gasteiger charge is 2.02. The van der Waals surface area contributed by atoms with E-state index in [4.69, 9.17) is 23.2 Å². The Labute approximate surface area is 123 Å². The predicted octanol–water partition coefficient (Wildman–Crippen LogP) is 3.10. The van der Waals surface area contributed by atoms with Gasteiger partial charge in [0.2, 0.25) is 0 Å².